The molecule has 0 fully saturated rings. The minimum absolute atomic E-state index is 0.00585. The highest BCUT2D eigenvalue weighted by atomic mass is 19.4. The van der Waals surface area contributed by atoms with E-state index >= 15 is 0 Å². The normalized spacial score (nSPS) is 14.4. The lowest BCUT2D eigenvalue weighted by Gasteiger charge is -2.17. The Labute approximate surface area is 94.5 Å². The first-order valence-electron chi connectivity index (χ1n) is 5.45. The Morgan fingerprint density at radius 1 is 1.25 bits per heavy atom. The molecule has 6 heteroatoms. The summed E-state index contributed by atoms with van der Waals surface area (Å²) >= 11 is 0. The summed E-state index contributed by atoms with van der Waals surface area (Å²) in [4.78, 5) is 0. The standard InChI is InChI=1S/C10H21F3N2O/c1-8(2)4-3-5-9(15-14)6-16-7-10(11,12)13/h8-9,15H,3-7,14H2,1-2H3. The van der Waals surface area contributed by atoms with Crippen LogP contribution in [-0.2, 0) is 4.74 Å². The zero-order chi connectivity index (χ0) is 12.6. The maximum atomic E-state index is 11.8. The number of halogens is 3. The van der Waals surface area contributed by atoms with E-state index in [0.29, 0.717) is 5.92 Å². The van der Waals surface area contributed by atoms with Crippen molar-refractivity contribution in [3.63, 3.8) is 0 Å². The molecule has 0 saturated carbocycles. The van der Waals surface area contributed by atoms with Crippen LogP contribution in [0.5, 0.6) is 0 Å². The van der Waals surface area contributed by atoms with E-state index in [1.807, 2.05) is 0 Å². The Hall–Kier alpha value is -0.330. The lowest BCUT2D eigenvalue weighted by atomic mass is 10.0. The van der Waals surface area contributed by atoms with Crippen LogP contribution in [0.3, 0.4) is 0 Å². The summed E-state index contributed by atoms with van der Waals surface area (Å²) in [5, 5.41) is 0. The average Bonchev–Trinajstić information content (AvgIpc) is 2.13. The Bertz CT molecular complexity index is 174. The maximum Gasteiger partial charge on any atom is 0.411 e. The predicted molar refractivity (Wildman–Crippen MR) is 56.7 cm³/mol. The van der Waals surface area contributed by atoms with E-state index in [0.717, 1.165) is 19.3 Å². The number of alkyl halides is 3. The van der Waals surface area contributed by atoms with Crippen molar-refractivity contribution in [1.29, 1.82) is 0 Å². The molecule has 0 bridgehead atoms. The van der Waals surface area contributed by atoms with Crippen LogP contribution in [0.2, 0.25) is 0 Å². The summed E-state index contributed by atoms with van der Waals surface area (Å²) in [6.07, 6.45) is -1.57. The highest BCUT2D eigenvalue weighted by Crippen LogP contribution is 2.15. The van der Waals surface area contributed by atoms with Crippen molar-refractivity contribution in [3.8, 4) is 0 Å². The first-order valence-corrected chi connectivity index (χ1v) is 5.45. The van der Waals surface area contributed by atoms with Crippen LogP contribution in [0.15, 0.2) is 0 Å². The average molecular weight is 242 g/mol. The third-order valence-corrected chi connectivity index (χ3v) is 2.15. The number of ether oxygens (including phenoxy) is 1. The third kappa shape index (κ3) is 10.2. The van der Waals surface area contributed by atoms with Gasteiger partial charge in [0.15, 0.2) is 0 Å². The molecular weight excluding hydrogens is 221 g/mol. The molecule has 0 aromatic heterocycles. The number of nitrogens with two attached hydrogens (primary N) is 1. The van der Waals surface area contributed by atoms with Gasteiger partial charge < -0.3 is 4.74 Å². The second-order valence-corrected chi connectivity index (χ2v) is 4.32. The van der Waals surface area contributed by atoms with Gasteiger partial charge in [-0.25, -0.2) is 0 Å². The second kappa shape index (κ2) is 7.86. The van der Waals surface area contributed by atoms with Crippen LogP contribution < -0.4 is 11.3 Å². The molecule has 98 valence electrons. The summed E-state index contributed by atoms with van der Waals surface area (Å²) < 4.78 is 39.9. The third-order valence-electron chi connectivity index (χ3n) is 2.15. The fourth-order valence-electron chi connectivity index (χ4n) is 1.30. The Morgan fingerprint density at radius 3 is 2.31 bits per heavy atom. The Kier molecular flexibility index (Phi) is 7.70. The number of hydrogen-bond donors (Lipinski definition) is 2. The smallest absolute Gasteiger partial charge is 0.370 e. The monoisotopic (exact) mass is 242 g/mol. The van der Waals surface area contributed by atoms with E-state index in [1.165, 1.54) is 0 Å². The minimum atomic E-state index is -4.27. The molecule has 3 nitrogen and oxygen atoms in total. The molecule has 0 amide bonds. The van der Waals surface area contributed by atoms with Gasteiger partial charge in [0, 0.05) is 6.04 Å². The van der Waals surface area contributed by atoms with Crippen LogP contribution >= 0.6 is 0 Å². The molecular formula is C10H21F3N2O. The molecule has 0 aromatic rings. The fraction of sp³-hybridized carbons (Fsp3) is 1.00. The molecule has 0 aliphatic carbocycles. The molecule has 1 unspecified atom stereocenters. The minimum Gasteiger partial charge on any atom is -0.370 e. The topological polar surface area (TPSA) is 47.3 Å². The van der Waals surface area contributed by atoms with Crippen LogP contribution in [-0.4, -0.2) is 25.4 Å². The molecule has 1 atom stereocenters. The van der Waals surface area contributed by atoms with E-state index in [-0.39, 0.29) is 12.6 Å². The van der Waals surface area contributed by atoms with Crippen molar-refractivity contribution in [2.45, 2.75) is 45.3 Å². The zero-order valence-electron chi connectivity index (χ0n) is 9.81. The second-order valence-electron chi connectivity index (χ2n) is 4.32. The van der Waals surface area contributed by atoms with Crippen molar-refractivity contribution in [2.24, 2.45) is 11.8 Å². The van der Waals surface area contributed by atoms with E-state index in [4.69, 9.17) is 5.84 Å². The predicted octanol–water partition coefficient (Wildman–Crippen LogP) is 2.22. The zero-order valence-corrected chi connectivity index (χ0v) is 9.81. The van der Waals surface area contributed by atoms with Gasteiger partial charge in [0.25, 0.3) is 0 Å². The van der Waals surface area contributed by atoms with Crippen molar-refractivity contribution in [2.75, 3.05) is 13.2 Å². The summed E-state index contributed by atoms with van der Waals surface area (Å²) in [6, 6.07) is -0.207. The summed E-state index contributed by atoms with van der Waals surface area (Å²) in [7, 11) is 0. The van der Waals surface area contributed by atoms with Gasteiger partial charge in [-0.2, -0.15) is 13.2 Å². The highest BCUT2D eigenvalue weighted by Gasteiger charge is 2.27. The van der Waals surface area contributed by atoms with Crippen molar-refractivity contribution in [1.82, 2.24) is 5.43 Å². The van der Waals surface area contributed by atoms with Gasteiger partial charge in [-0.1, -0.05) is 26.7 Å². The lowest BCUT2D eigenvalue weighted by Crippen LogP contribution is -2.39. The number of hydrazine groups is 1. The number of hydrogen-bond acceptors (Lipinski definition) is 3. The van der Waals surface area contributed by atoms with Crippen LogP contribution in [0.4, 0.5) is 13.2 Å². The molecule has 3 N–H and O–H groups in total. The van der Waals surface area contributed by atoms with Gasteiger partial charge in [0.1, 0.15) is 6.61 Å². The number of nitrogens with one attached hydrogen (secondary N) is 1. The van der Waals surface area contributed by atoms with E-state index in [2.05, 4.69) is 24.0 Å². The Balaban J connectivity index is 3.59. The van der Waals surface area contributed by atoms with E-state index in [9.17, 15) is 13.2 Å². The molecule has 0 spiro atoms. The number of rotatable bonds is 8. The van der Waals surface area contributed by atoms with Gasteiger partial charge in [-0.3, -0.25) is 11.3 Å². The van der Waals surface area contributed by atoms with Crippen LogP contribution in [0.1, 0.15) is 33.1 Å². The van der Waals surface area contributed by atoms with Crippen LogP contribution in [0.25, 0.3) is 0 Å². The summed E-state index contributed by atoms with van der Waals surface area (Å²) in [6.45, 7) is 2.99. The van der Waals surface area contributed by atoms with Crippen molar-refractivity contribution >= 4 is 0 Å². The van der Waals surface area contributed by atoms with Gasteiger partial charge in [0.2, 0.25) is 0 Å². The molecule has 0 heterocycles. The first kappa shape index (κ1) is 15.7. The molecule has 16 heavy (non-hydrogen) atoms. The summed E-state index contributed by atoms with van der Waals surface area (Å²) in [5.41, 5.74) is 2.47. The molecule has 0 saturated heterocycles. The molecule has 0 aliphatic rings. The highest BCUT2D eigenvalue weighted by molar-refractivity contribution is 4.63. The molecule has 0 rings (SSSR count). The van der Waals surface area contributed by atoms with Gasteiger partial charge >= 0.3 is 6.18 Å². The first-order chi connectivity index (χ1) is 7.35. The van der Waals surface area contributed by atoms with E-state index in [1.54, 1.807) is 0 Å². The van der Waals surface area contributed by atoms with Crippen LogP contribution in [0, 0.1) is 5.92 Å². The Morgan fingerprint density at radius 2 is 1.88 bits per heavy atom. The molecule has 0 aromatic carbocycles. The molecule has 0 radical (unpaired) electrons. The largest absolute Gasteiger partial charge is 0.411 e. The SMILES string of the molecule is CC(C)CCCC(COCC(F)(F)F)NN. The fourth-order valence-corrected chi connectivity index (χ4v) is 1.30. The maximum absolute atomic E-state index is 11.8. The van der Waals surface area contributed by atoms with Gasteiger partial charge in [-0.05, 0) is 12.3 Å². The lowest BCUT2D eigenvalue weighted by molar-refractivity contribution is -0.175. The van der Waals surface area contributed by atoms with Crippen molar-refractivity contribution in [3.05, 3.63) is 0 Å². The quantitative estimate of drug-likeness (QED) is 0.507. The van der Waals surface area contributed by atoms with Gasteiger partial charge in [-0.15, -0.1) is 0 Å². The van der Waals surface area contributed by atoms with E-state index < -0.39 is 12.8 Å². The molecule has 0 aliphatic heterocycles. The van der Waals surface area contributed by atoms with Crippen molar-refractivity contribution < 1.29 is 17.9 Å². The summed E-state index contributed by atoms with van der Waals surface area (Å²) in [5.74, 6) is 5.82. The van der Waals surface area contributed by atoms with Gasteiger partial charge in [0.05, 0.1) is 6.61 Å².